The number of carbonyl (C=O) groups excluding carboxylic acids is 1. The molecular weight excluding hydrogens is 501 g/mol. The molecule has 0 aliphatic carbocycles. The van der Waals surface area contributed by atoms with E-state index in [2.05, 4.69) is 56.3 Å². The van der Waals surface area contributed by atoms with Gasteiger partial charge in [0.05, 0.1) is 14.5 Å². The highest BCUT2D eigenvalue weighted by atomic mass is 79.9. The van der Waals surface area contributed by atoms with Crippen molar-refractivity contribution in [2.45, 2.75) is 31.5 Å². The predicted molar refractivity (Wildman–Crippen MR) is 128 cm³/mol. The molecule has 1 amide bonds. The number of amides is 1. The minimum atomic E-state index is -0.118. The average molecular weight is 527 g/mol. The summed E-state index contributed by atoms with van der Waals surface area (Å²) >= 11 is 15.6. The van der Waals surface area contributed by atoms with Crippen molar-refractivity contribution in [1.82, 2.24) is 15.1 Å². The summed E-state index contributed by atoms with van der Waals surface area (Å²) in [4.78, 5) is 17.2. The second-order valence-corrected chi connectivity index (χ2v) is 10.0. The lowest BCUT2D eigenvalue weighted by atomic mass is 10.2. The Morgan fingerprint density at radius 3 is 2.68 bits per heavy atom. The van der Waals surface area contributed by atoms with Crippen LogP contribution in [-0.2, 0) is 6.54 Å². The van der Waals surface area contributed by atoms with Gasteiger partial charge in [-0.1, -0.05) is 29.3 Å². The number of carbonyl (C=O) groups is 1. The van der Waals surface area contributed by atoms with Gasteiger partial charge in [-0.3, -0.25) is 9.69 Å². The molecule has 0 saturated carbocycles. The lowest BCUT2D eigenvalue weighted by Gasteiger charge is -2.19. The molecule has 4 rings (SSSR count). The van der Waals surface area contributed by atoms with Gasteiger partial charge in [0.25, 0.3) is 5.91 Å². The number of likely N-dealkylation sites (N-methyl/N-ethyl adjacent to an activating group) is 1. The number of benzene rings is 2. The Morgan fingerprint density at radius 1 is 1.13 bits per heavy atom. The third kappa shape index (κ3) is 5.93. The highest BCUT2D eigenvalue weighted by Gasteiger charge is 2.25. The summed E-state index contributed by atoms with van der Waals surface area (Å²) < 4.78 is 7.14. The van der Waals surface area contributed by atoms with E-state index < -0.39 is 0 Å². The zero-order chi connectivity index (χ0) is 22.0. The largest absolute Gasteiger partial charge is 0.488 e. The van der Waals surface area contributed by atoms with Crippen LogP contribution in [0.3, 0.4) is 0 Å². The molecule has 0 radical (unpaired) electrons. The molecule has 31 heavy (non-hydrogen) atoms. The molecule has 0 aromatic heterocycles. The molecule has 2 aliphatic rings. The molecule has 166 valence electrons. The van der Waals surface area contributed by atoms with E-state index in [0.717, 1.165) is 55.8 Å². The molecule has 0 spiro atoms. The number of ether oxygens (including phenoxy) is 1. The third-order valence-corrected chi connectivity index (χ3v) is 7.19. The molecular formula is C23H26BrCl2N3O2. The van der Waals surface area contributed by atoms with Crippen molar-refractivity contribution in [3.8, 4) is 5.75 Å². The molecule has 2 aliphatic heterocycles. The third-order valence-electron chi connectivity index (χ3n) is 5.83. The zero-order valence-electron chi connectivity index (χ0n) is 17.4. The fourth-order valence-electron chi connectivity index (χ4n) is 4.17. The van der Waals surface area contributed by atoms with Crippen LogP contribution in [0, 0.1) is 0 Å². The van der Waals surface area contributed by atoms with Gasteiger partial charge in [-0.15, -0.1) is 0 Å². The first-order chi connectivity index (χ1) is 14.9. The second-order valence-electron chi connectivity index (χ2n) is 8.38. The molecule has 2 aromatic rings. The Hall–Kier alpha value is -1.31. The quantitative estimate of drug-likeness (QED) is 0.584. The normalized spacial score (nSPS) is 22.1. The van der Waals surface area contributed by atoms with E-state index in [1.165, 1.54) is 5.56 Å². The van der Waals surface area contributed by atoms with Crippen molar-refractivity contribution in [2.24, 2.45) is 0 Å². The van der Waals surface area contributed by atoms with E-state index in [1.807, 2.05) is 0 Å². The first kappa shape index (κ1) is 22.9. The monoisotopic (exact) mass is 525 g/mol. The Kier molecular flexibility index (Phi) is 7.44. The van der Waals surface area contributed by atoms with E-state index in [4.69, 9.17) is 27.9 Å². The molecule has 1 unspecified atom stereocenters. The van der Waals surface area contributed by atoms with Crippen molar-refractivity contribution in [3.63, 3.8) is 0 Å². The highest BCUT2D eigenvalue weighted by molar-refractivity contribution is 9.10. The van der Waals surface area contributed by atoms with Crippen LogP contribution in [0.1, 0.15) is 28.8 Å². The summed E-state index contributed by atoms with van der Waals surface area (Å²) in [5.74, 6) is 0.782. The van der Waals surface area contributed by atoms with Gasteiger partial charge in [-0.05, 0) is 71.7 Å². The van der Waals surface area contributed by atoms with E-state index >= 15 is 0 Å². The van der Waals surface area contributed by atoms with Crippen LogP contribution in [0.15, 0.2) is 40.9 Å². The summed E-state index contributed by atoms with van der Waals surface area (Å²) in [5.41, 5.74) is 1.75. The maximum absolute atomic E-state index is 12.5. The van der Waals surface area contributed by atoms with Gasteiger partial charge < -0.3 is 15.0 Å². The molecule has 1 N–H and O–H groups in total. The topological polar surface area (TPSA) is 44.8 Å². The Balaban J connectivity index is 1.29. The van der Waals surface area contributed by atoms with Crippen LogP contribution >= 0.6 is 39.1 Å². The minimum Gasteiger partial charge on any atom is -0.488 e. The van der Waals surface area contributed by atoms with Gasteiger partial charge in [0, 0.05) is 44.3 Å². The van der Waals surface area contributed by atoms with Gasteiger partial charge >= 0.3 is 0 Å². The Morgan fingerprint density at radius 2 is 1.97 bits per heavy atom. The lowest BCUT2D eigenvalue weighted by molar-refractivity contribution is 0.0937. The highest BCUT2D eigenvalue weighted by Crippen LogP contribution is 2.29. The number of nitrogens with zero attached hydrogens (tertiary/aromatic N) is 2. The smallest absolute Gasteiger partial charge is 0.251 e. The van der Waals surface area contributed by atoms with Crippen LogP contribution in [0.5, 0.6) is 5.75 Å². The molecule has 2 fully saturated rings. The molecule has 2 aromatic carbocycles. The van der Waals surface area contributed by atoms with Crippen LogP contribution in [0.4, 0.5) is 0 Å². The summed E-state index contributed by atoms with van der Waals surface area (Å²) in [6.07, 6.45) is 2.24. The second kappa shape index (κ2) is 10.1. The molecule has 2 saturated heterocycles. The van der Waals surface area contributed by atoms with Gasteiger partial charge in [0.1, 0.15) is 11.9 Å². The predicted octanol–water partition coefficient (Wildman–Crippen LogP) is 4.84. The van der Waals surface area contributed by atoms with Gasteiger partial charge in [-0.25, -0.2) is 0 Å². The van der Waals surface area contributed by atoms with E-state index in [0.29, 0.717) is 15.6 Å². The molecule has 2 atom stereocenters. The van der Waals surface area contributed by atoms with E-state index in [-0.39, 0.29) is 18.1 Å². The average Bonchev–Trinajstić information content (AvgIpc) is 3.34. The Bertz CT molecular complexity index is 958. The fourth-order valence-corrected chi connectivity index (χ4v) is 4.98. The minimum absolute atomic E-state index is 0.118. The van der Waals surface area contributed by atoms with Crippen molar-refractivity contribution in [3.05, 3.63) is 62.0 Å². The van der Waals surface area contributed by atoms with Crippen LogP contribution < -0.4 is 10.1 Å². The number of hydrogen-bond donors (Lipinski definition) is 1. The SMILES string of the molecule is CN1CC[C@H](Oc2ccc(CN3CCC(NC(=O)c4ccc(Cl)c(Cl)c4)C3)cc2Br)C1. The summed E-state index contributed by atoms with van der Waals surface area (Å²) in [7, 11) is 2.12. The summed E-state index contributed by atoms with van der Waals surface area (Å²) in [5, 5.41) is 3.94. The maximum atomic E-state index is 12.5. The standard InChI is InChI=1S/C23H26BrCl2N3O2/c1-28-8-7-18(14-28)31-22-5-2-15(10-19(22)24)12-29-9-6-17(13-29)27-23(30)16-3-4-20(25)21(26)11-16/h2-5,10-11,17-18H,6-9,12-14H2,1H3,(H,27,30)/t17?,18-/m0/s1. The first-order valence-corrected chi connectivity index (χ1v) is 12.0. The van der Waals surface area contributed by atoms with Crippen LogP contribution in [-0.4, -0.2) is 61.1 Å². The van der Waals surface area contributed by atoms with Crippen LogP contribution in [0.25, 0.3) is 0 Å². The Labute approximate surface area is 201 Å². The zero-order valence-corrected chi connectivity index (χ0v) is 20.5. The fraction of sp³-hybridized carbons (Fsp3) is 0.435. The molecule has 0 bridgehead atoms. The van der Waals surface area contributed by atoms with Crippen LogP contribution in [0.2, 0.25) is 10.0 Å². The summed E-state index contributed by atoms with van der Waals surface area (Å²) in [6, 6.07) is 11.4. The van der Waals surface area contributed by atoms with Gasteiger partial charge in [0.15, 0.2) is 0 Å². The van der Waals surface area contributed by atoms with Crippen molar-refractivity contribution in [1.29, 1.82) is 0 Å². The number of hydrogen-bond acceptors (Lipinski definition) is 4. The van der Waals surface area contributed by atoms with E-state index in [1.54, 1.807) is 18.2 Å². The number of nitrogens with one attached hydrogen (secondary N) is 1. The number of rotatable bonds is 6. The first-order valence-electron chi connectivity index (χ1n) is 10.5. The summed E-state index contributed by atoms with van der Waals surface area (Å²) in [6.45, 7) is 4.65. The maximum Gasteiger partial charge on any atom is 0.251 e. The van der Waals surface area contributed by atoms with Crippen molar-refractivity contribution >= 4 is 45.0 Å². The molecule has 5 nitrogen and oxygen atoms in total. The van der Waals surface area contributed by atoms with Gasteiger partial charge in [0.2, 0.25) is 0 Å². The van der Waals surface area contributed by atoms with E-state index in [9.17, 15) is 4.79 Å². The number of likely N-dealkylation sites (tertiary alicyclic amines) is 2. The molecule has 2 heterocycles. The lowest BCUT2D eigenvalue weighted by Crippen LogP contribution is -2.37. The van der Waals surface area contributed by atoms with Crippen molar-refractivity contribution in [2.75, 3.05) is 33.2 Å². The van der Waals surface area contributed by atoms with Gasteiger partial charge in [-0.2, -0.15) is 0 Å². The van der Waals surface area contributed by atoms with Crippen molar-refractivity contribution < 1.29 is 9.53 Å². The number of halogens is 3. The molecule has 8 heteroatoms.